The van der Waals surface area contributed by atoms with Gasteiger partial charge in [-0.2, -0.15) is 0 Å². The first-order valence-electron chi connectivity index (χ1n) is 11.4. The van der Waals surface area contributed by atoms with Gasteiger partial charge in [0.1, 0.15) is 0 Å². The zero-order chi connectivity index (χ0) is 17.5. The second-order valence-electron chi connectivity index (χ2n) is 9.13. The van der Waals surface area contributed by atoms with Crippen molar-refractivity contribution in [2.45, 2.75) is 103 Å². The molecule has 0 spiro atoms. The molecule has 0 unspecified atom stereocenters. The molecule has 1 aromatic rings. The van der Waals surface area contributed by atoms with E-state index in [2.05, 4.69) is 38.1 Å². The lowest BCUT2D eigenvalue weighted by atomic mass is 9.69. The van der Waals surface area contributed by atoms with Crippen LogP contribution in [-0.2, 0) is 6.42 Å². The number of rotatable bonds is 9. The van der Waals surface area contributed by atoms with Crippen molar-refractivity contribution >= 4 is 0 Å². The second-order valence-corrected chi connectivity index (χ2v) is 9.13. The molecule has 0 heteroatoms. The van der Waals surface area contributed by atoms with Crippen LogP contribution in [0.3, 0.4) is 0 Å². The lowest BCUT2D eigenvalue weighted by molar-refractivity contribution is 0.154. The van der Waals surface area contributed by atoms with E-state index >= 15 is 0 Å². The molecule has 0 aliphatic heterocycles. The smallest absolute Gasteiger partial charge is 0.0162 e. The van der Waals surface area contributed by atoms with Crippen molar-refractivity contribution in [2.24, 2.45) is 17.8 Å². The fraction of sp³-hybridized carbons (Fsp3) is 0.760. The predicted molar refractivity (Wildman–Crippen MR) is 110 cm³/mol. The number of hydrogen-bond acceptors (Lipinski definition) is 0. The van der Waals surface area contributed by atoms with Gasteiger partial charge in [0.25, 0.3) is 0 Å². The van der Waals surface area contributed by atoms with Crippen molar-refractivity contribution in [2.75, 3.05) is 0 Å². The number of unbranched alkanes of at least 4 members (excludes halogenated alkanes) is 1. The summed E-state index contributed by atoms with van der Waals surface area (Å²) in [5.41, 5.74) is 3.14. The molecule has 0 bridgehead atoms. The third-order valence-corrected chi connectivity index (χ3v) is 7.13. The summed E-state index contributed by atoms with van der Waals surface area (Å²) < 4.78 is 0. The van der Waals surface area contributed by atoms with Gasteiger partial charge in [-0.3, -0.25) is 0 Å². The molecule has 140 valence electrons. The Labute approximate surface area is 156 Å². The van der Waals surface area contributed by atoms with Crippen molar-refractivity contribution in [3.05, 3.63) is 35.4 Å². The highest BCUT2D eigenvalue weighted by Crippen LogP contribution is 2.43. The van der Waals surface area contributed by atoms with Gasteiger partial charge >= 0.3 is 0 Å². The molecule has 0 nitrogen and oxygen atoms in total. The minimum atomic E-state index is 0.842. The highest BCUT2D eigenvalue weighted by atomic mass is 14.3. The van der Waals surface area contributed by atoms with E-state index in [9.17, 15) is 0 Å². The van der Waals surface area contributed by atoms with E-state index in [1.807, 2.05) is 0 Å². The zero-order valence-corrected chi connectivity index (χ0v) is 16.8. The van der Waals surface area contributed by atoms with E-state index in [4.69, 9.17) is 0 Å². The van der Waals surface area contributed by atoms with Gasteiger partial charge in [0.15, 0.2) is 0 Å². The number of aryl methyl sites for hydroxylation is 1. The van der Waals surface area contributed by atoms with Gasteiger partial charge in [-0.15, -0.1) is 0 Å². The molecular formula is C25H40. The summed E-state index contributed by atoms with van der Waals surface area (Å²) in [4.78, 5) is 0. The third kappa shape index (κ3) is 5.60. The topological polar surface area (TPSA) is 0 Å². The average molecular weight is 341 g/mol. The molecule has 0 radical (unpaired) electrons. The van der Waals surface area contributed by atoms with Crippen molar-refractivity contribution in [1.82, 2.24) is 0 Å². The van der Waals surface area contributed by atoms with E-state index in [0.29, 0.717) is 0 Å². The summed E-state index contributed by atoms with van der Waals surface area (Å²) in [7, 11) is 0. The molecule has 0 saturated heterocycles. The molecule has 25 heavy (non-hydrogen) atoms. The van der Waals surface area contributed by atoms with Gasteiger partial charge in [0.2, 0.25) is 0 Å². The number of hydrogen-bond donors (Lipinski definition) is 0. The van der Waals surface area contributed by atoms with Crippen LogP contribution in [0.25, 0.3) is 0 Å². The normalized spacial score (nSPS) is 29.4. The Morgan fingerprint density at radius 1 is 0.720 bits per heavy atom. The summed E-state index contributed by atoms with van der Waals surface area (Å²) in [5.74, 6) is 4.05. The maximum atomic E-state index is 2.43. The van der Waals surface area contributed by atoms with Crippen LogP contribution in [0.5, 0.6) is 0 Å². The van der Waals surface area contributed by atoms with E-state index in [1.54, 1.807) is 18.4 Å². The van der Waals surface area contributed by atoms with Gasteiger partial charge in [-0.1, -0.05) is 70.2 Å². The highest BCUT2D eigenvalue weighted by Gasteiger charge is 2.29. The van der Waals surface area contributed by atoms with Crippen LogP contribution in [0.2, 0.25) is 0 Å². The summed E-state index contributed by atoms with van der Waals surface area (Å²) >= 11 is 0. The van der Waals surface area contributed by atoms with Gasteiger partial charge in [0, 0.05) is 0 Å². The highest BCUT2D eigenvalue weighted by molar-refractivity contribution is 5.25. The first-order chi connectivity index (χ1) is 12.3. The van der Waals surface area contributed by atoms with E-state index in [-0.39, 0.29) is 0 Å². The Morgan fingerprint density at radius 3 is 2.00 bits per heavy atom. The van der Waals surface area contributed by atoms with Crippen LogP contribution in [0.1, 0.15) is 108 Å². The monoisotopic (exact) mass is 340 g/mol. The Balaban J connectivity index is 1.34. The van der Waals surface area contributed by atoms with Crippen molar-refractivity contribution < 1.29 is 0 Å². The van der Waals surface area contributed by atoms with Crippen molar-refractivity contribution in [1.29, 1.82) is 0 Å². The van der Waals surface area contributed by atoms with Crippen molar-refractivity contribution in [3.8, 4) is 0 Å². The maximum Gasteiger partial charge on any atom is -0.0162 e. The SMILES string of the molecule is CCCCc1ccc(C2CCC(CCC3CC(CCC)C3)CC2)cc1. The summed E-state index contributed by atoms with van der Waals surface area (Å²) in [6.45, 7) is 4.62. The minimum absolute atomic E-state index is 0.842. The molecule has 2 fully saturated rings. The molecule has 1 aromatic carbocycles. The molecule has 2 aliphatic carbocycles. The Hall–Kier alpha value is -0.780. The van der Waals surface area contributed by atoms with Crippen molar-refractivity contribution in [3.63, 3.8) is 0 Å². The van der Waals surface area contributed by atoms with E-state index in [0.717, 1.165) is 23.7 Å². The Morgan fingerprint density at radius 2 is 1.36 bits per heavy atom. The first kappa shape index (κ1) is 19.0. The van der Waals surface area contributed by atoms with Gasteiger partial charge in [0.05, 0.1) is 0 Å². The fourth-order valence-electron chi connectivity index (χ4n) is 5.35. The predicted octanol–water partition coefficient (Wildman–Crippen LogP) is 7.91. The Kier molecular flexibility index (Phi) is 7.44. The Bertz CT molecular complexity index is 471. The van der Waals surface area contributed by atoms with Crippen LogP contribution >= 0.6 is 0 Å². The lowest BCUT2D eigenvalue weighted by Gasteiger charge is -2.37. The molecule has 2 saturated carbocycles. The summed E-state index contributed by atoms with van der Waals surface area (Å²) in [6, 6.07) is 9.64. The van der Waals surface area contributed by atoms with Crippen LogP contribution in [-0.4, -0.2) is 0 Å². The largest absolute Gasteiger partial charge is 0.0654 e. The standard InChI is InChI=1S/C25H40/c1-3-5-7-20-10-14-24(15-11-20)25-16-12-21(13-17-25)8-9-23-18-22(19-23)6-4-2/h10-11,14-15,21-23,25H,3-9,12-13,16-19H2,1-2H3. The average Bonchev–Trinajstić information content (AvgIpc) is 2.63. The van der Waals surface area contributed by atoms with Gasteiger partial charge in [-0.25, -0.2) is 0 Å². The van der Waals surface area contributed by atoms with Crippen LogP contribution in [0, 0.1) is 17.8 Å². The maximum absolute atomic E-state index is 2.43. The second kappa shape index (κ2) is 9.79. The van der Waals surface area contributed by atoms with E-state index in [1.165, 1.54) is 76.2 Å². The van der Waals surface area contributed by atoms with Crippen LogP contribution in [0.15, 0.2) is 24.3 Å². The quantitative estimate of drug-likeness (QED) is 0.428. The summed E-state index contributed by atoms with van der Waals surface area (Å²) in [6.07, 6.45) is 18.7. The minimum Gasteiger partial charge on any atom is -0.0654 e. The van der Waals surface area contributed by atoms with Gasteiger partial charge < -0.3 is 0 Å². The first-order valence-corrected chi connectivity index (χ1v) is 11.4. The molecule has 0 N–H and O–H groups in total. The zero-order valence-electron chi connectivity index (χ0n) is 16.8. The fourth-order valence-corrected chi connectivity index (χ4v) is 5.35. The number of benzene rings is 1. The molecule has 0 atom stereocenters. The van der Waals surface area contributed by atoms with Gasteiger partial charge in [-0.05, 0) is 86.2 Å². The third-order valence-electron chi connectivity index (χ3n) is 7.13. The lowest BCUT2D eigenvalue weighted by Crippen LogP contribution is -2.24. The molecule has 0 heterocycles. The van der Waals surface area contributed by atoms with E-state index < -0.39 is 0 Å². The molecular weight excluding hydrogens is 300 g/mol. The van der Waals surface area contributed by atoms with Crippen LogP contribution in [0.4, 0.5) is 0 Å². The summed E-state index contributed by atoms with van der Waals surface area (Å²) in [5, 5.41) is 0. The van der Waals surface area contributed by atoms with Crippen LogP contribution < -0.4 is 0 Å². The molecule has 0 aromatic heterocycles. The molecule has 2 aliphatic rings. The molecule has 3 rings (SSSR count). The molecule has 0 amide bonds.